The number of nitrogens with zero attached hydrogens (tertiary/aromatic N) is 5. The Bertz CT molecular complexity index is 1950. The van der Waals surface area contributed by atoms with Crippen LogP contribution in [0, 0.1) is 18.6 Å². The van der Waals surface area contributed by atoms with Crippen LogP contribution in [0.3, 0.4) is 0 Å². The lowest BCUT2D eigenvalue weighted by molar-refractivity contribution is -0.127. The van der Waals surface area contributed by atoms with Crippen LogP contribution in [-0.2, 0) is 14.6 Å². The van der Waals surface area contributed by atoms with E-state index in [1.54, 1.807) is 22.8 Å². The molecule has 224 valence electrons. The van der Waals surface area contributed by atoms with Crippen molar-refractivity contribution < 1.29 is 22.0 Å². The molecule has 1 fully saturated rings. The Kier molecular flexibility index (Phi) is 7.55. The molecule has 5 rings (SSSR count). The van der Waals surface area contributed by atoms with Crippen LogP contribution in [0.4, 0.5) is 20.3 Å². The van der Waals surface area contributed by atoms with Gasteiger partial charge in [-0.3, -0.25) is 4.79 Å². The van der Waals surface area contributed by atoms with Crippen molar-refractivity contribution in [2.24, 2.45) is 0 Å². The highest BCUT2D eigenvalue weighted by molar-refractivity contribution is 7.90. The maximum Gasteiger partial charge on any atom is 0.355 e. The molecule has 2 aromatic heterocycles. The molecule has 1 aliphatic rings. The Morgan fingerprint density at radius 3 is 2.33 bits per heavy atom. The molecular weight excluding hydrogens is 578 g/mol. The molecule has 43 heavy (non-hydrogen) atoms. The summed E-state index contributed by atoms with van der Waals surface area (Å²) in [4.78, 5) is 38.4. The third-order valence-electron chi connectivity index (χ3n) is 7.56. The number of anilines is 2. The van der Waals surface area contributed by atoms with Crippen LogP contribution in [0.5, 0.6) is 0 Å². The molecule has 10 nitrogen and oxygen atoms in total. The van der Waals surface area contributed by atoms with E-state index in [-0.39, 0.29) is 69.8 Å². The molecule has 0 unspecified atom stereocenters. The lowest BCUT2D eigenvalue weighted by Crippen LogP contribution is -2.58. The average Bonchev–Trinajstić information content (AvgIpc) is 2.92. The number of carbonyl (C=O) groups is 1. The molecule has 1 amide bonds. The third-order valence-corrected chi connectivity index (χ3v) is 8.69. The number of halogens is 2. The number of carbonyl (C=O) groups excluding carboxylic acids is 1. The summed E-state index contributed by atoms with van der Waals surface area (Å²) in [5, 5.41) is 0.0839. The molecule has 2 atom stereocenters. The van der Waals surface area contributed by atoms with Crippen LogP contribution in [0.25, 0.3) is 28.0 Å². The number of rotatable bonds is 5. The molecule has 1 saturated heterocycles. The number of pyridine rings is 1. The molecular formula is C30H30F2N6O4S. The molecule has 2 N–H and O–H groups in total. The van der Waals surface area contributed by atoms with E-state index in [0.717, 1.165) is 23.0 Å². The summed E-state index contributed by atoms with van der Waals surface area (Å²) in [7, 11) is -3.86. The number of hydrogen-bond donors (Lipinski definition) is 1. The van der Waals surface area contributed by atoms with Gasteiger partial charge in [-0.1, -0.05) is 24.8 Å². The maximum atomic E-state index is 15.9. The summed E-state index contributed by atoms with van der Waals surface area (Å²) in [5.41, 5.74) is 4.59. The molecule has 2 aromatic carbocycles. The Morgan fingerprint density at radius 2 is 1.72 bits per heavy atom. The second-order valence-electron chi connectivity index (χ2n) is 10.7. The lowest BCUT2D eigenvalue weighted by Gasteiger charge is -2.45. The van der Waals surface area contributed by atoms with E-state index >= 15 is 8.78 Å². The highest BCUT2D eigenvalue weighted by Gasteiger charge is 2.35. The Balaban J connectivity index is 1.89. The second kappa shape index (κ2) is 10.9. The number of aryl methyl sites for hydroxylation is 1. The van der Waals surface area contributed by atoms with Gasteiger partial charge in [0.05, 0.1) is 21.5 Å². The molecule has 0 aliphatic carbocycles. The van der Waals surface area contributed by atoms with Crippen LogP contribution in [0.15, 0.2) is 64.8 Å². The van der Waals surface area contributed by atoms with E-state index in [1.807, 2.05) is 13.8 Å². The number of aromatic nitrogens is 3. The van der Waals surface area contributed by atoms with Gasteiger partial charge in [0.2, 0.25) is 5.91 Å². The summed E-state index contributed by atoms with van der Waals surface area (Å²) >= 11 is 0. The molecule has 1 aliphatic heterocycles. The number of benzene rings is 2. The summed E-state index contributed by atoms with van der Waals surface area (Å²) in [5.74, 6) is -1.91. The Morgan fingerprint density at radius 1 is 1.07 bits per heavy atom. The molecule has 0 spiro atoms. The Hall–Kier alpha value is -4.65. The first-order valence-electron chi connectivity index (χ1n) is 13.4. The minimum atomic E-state index is -3.86. The second-order valence-corrected chi connectivity index (χ2v) is 12.7. The summed E-state index contributed by atoms with van der Waals surface area (Å²) in [6, 6.07) is 8.75. The van der Waals surface area contributed by atoms with Gasteiger partial charge >= 0.3 is 5.69 Å². The molecule has 0 bridgehead atoms. The number of fused-ring (bicyclic) bond motifs is 1. The van der Waals surface area contributed by atoms with Crippen LogP contribution in [-0.4, -0.2) is 65.2 Å². The van der Waals surface area contributed by atoms with Crippen molar-refractivity contribution in [1.29, 1.82) is 0 Å². The summed E-state index contributed by atoms with van der Waals surface area (Å²) < 4.78 is 57.6. The monoisotopic (exact) mass is 608 g/mol. The van der Waals surface area contributed by atoms with Gasteiger partial charge in [-0.2, -0.15) is 4.98 Å². The lowest BCUT2D eigenvalue weighted by atomic mass is 10.0. The van der Waals surface area contributed by atoms with Gasteiger partial charge in [0.1, 0.15) is 17.3 Å². The molecule has 4 aromatic rings. The van der Waals surface area contributed by atoms with Crippen LogP contribution in [0.2, 0.25) is 0 Å². The zero-order chi connectivity index (χ0) is 31.4. The highest BCUT2D eigenvalue weighted by atomic mass is 32.2. The fourth-order valence-electron chi connectivity index (χ4n) is 5.74. The van der Waals surface area contributed by atoms with E-state index in [0.29, 0.717) is 5.56 Å². The van der Waals surface area contributed by atoms with Crippen LogP contribution >= 0.6 is 0 Å². The minimum Gasteiger partial charge on any atom is -0.398 e. The third kappa shape index (κ3) is 5.13. The standard InChI is InChI=1S/C30H30F2N6O4S/c1-6-24(39)36-14-17(3)37(18(4)15-36)29-19-13-21(32)26(25-20(31)10-8-11-22(25)33)34-28(19)38(30(40)35-29)27-16(2)9-7-12-23(27)43(5,41)42/h6-13,17-18H,1,14-15,33H2,2-5H3/t17-,18+. The van der Waals surface area contributed by atoms with Crippen LogP contribution < -0.4 is 16.3 Å². The molecule has 0 saturated carbocycles. The topological polar surface area (TPSA) is 131 Å². The minimum absolute atomic E-state index is 0.00638. The number of piperazine rings is 1. The number of hydrogen-bond acceptors (Lipinski definition) is 8. The van der Waals surface area contributed by atoms with Gasteiger partial charge in [-0.15, -0.1) is 0 Å². The average molecular weight is 609 g/mol. The zero-order valence-electron chi connectivity index (χ0n) is 24.0. The van der Waals surface area contributed by atoms with Crippen molar-refractivity contribution in [1.82, 2.24) is 19.4 Å². The largest absolute Gasteiger partial charge is 0.398 e. The molecule has 13 heteroatoms. The van der Waals surface area contributed by atoms with Gasteiger partial charge in [-0.05, 0) is 56.7 Å². The fraction of sp³-hybridized carbons (Fsp3) is 0.267. The first kappa shape index (κ1) is 29.8. The quantitative estimate of drug-likeness (QED) is 0.269. The predicted octanol–water partition coefficient (Wildman–Crippen LogP) is 3.63. The smallest absolute Gasteiger partial charge is 0.355 e. The predicted molar refractivity (Wildman–Crippen MR) is 161 cm³/mol. The van der Waals surface area contributed by atoms with E-state index in [2.05, 4.69) is 16.5 Å². The first-order valence-corrected chi connectivity index (χ1v) is 15.3. The summed E-state index contributed by atoms with van der Waals surface area (Å²) in [6.45, 7) is 9.39. The van der Waals surface area contributed by atoms with Crippen molar-refractivity contribution in [2.45, 2.75) is 37.8 Å². The first-order chi connectivity index (χ1) is 20.2. The fourth-order valence-corrected chi connectivity index (χ4v) is 6.67. The van der Waals surface area contributed by atoms with Crippen molar-refractivity contribution in [2.75, 3.05) is 30.0 Å². The van der Waals surface area contributed by atoms with Crippen molar-refractivity contribution in [3.63, 3.8) is 0 Å². The van der Waals surface area contributed by atoms with Gasteiger partial charge in [0, 0.05) is 37.1 Å². The normalized spacial score (nSPS) is 17.3. The number of para-hydroxylation sites is 1. The number of nitrogen functional groups attached to an aromatic ring is 1. The molecule has 3 heterocycles. The van der Waals surface area contributed by atoms with E-state index in [4.69, 9.17) is 5.73 Å². The zero-order valence-corrected chi connectivity index (χ0v) is 24.8. The van der Waals surface area contributed by atoms with Crippen LogP contribution in [0.1, 0.15) is 19.4 Å². The van der Waals surface area contributed by atoms with E-state index in [1.165, 1.54) is 30.3 Å². The highest BCUT2D eigenvalue weighted by Crippen LogP contribution is 2.36. The molecule has 0 radical (unpaired) electrons. The van der Waals surface area contributed by atoms with Crippen molar-refractivity contribution in [3.05, 3.63) is 82.8 Å². The number of amides is 1. The summed E-state index contributed by atoms with van der Waals surface area (Å²) in [6.07, 6.45) is 2.23. The van der Waals surface area contributed by atoms with Crippen molar-refractivity contribution >= 4 is 38.3 Å². The Labute approximate surface area is 247 Å². The van der Waals surface area contributed by atoms with E-state index < -0.39 is 32.9 Å². The van der Waals surface area contributed by atoms with Gasteiger partial charge in [-0.25, -0.2) is 31.5 Å². The van der Waals surface area contributed by atoms with Crippen molar-refractivity contribution in [3.8, 4) is 16.9 Å². The van der Waals surface area contributed by atoms with E-state index in [9.17, 15) is 18.0 Å². The maximum absolute atomic E-state index is 15.9. The number of sulfone groups is 1. The van der Waals surface area contributed by atoms with Gasteiger partial charge < -0.3 is 15.5 Å². The SMILES string of the molecule is C=CC(=O)N1C[C@@H](C)N(c2nc(=O)n(-c3c(C)cccc3S(C)(=O)=O)c3nc(-c4c(N)cccc4F)c(F)cc23)[C@@H](C)C1. The van der Waals surface area contributed by atoms with Gasteiger partial charge in [0.25, 0.3) is 0 Å². The number of nitrogens with two attached hydrogens (primary N) is 1. The van der Waals surface area contributed by atoms with Gasteiger partial charge in [0.15, 0.2) is 21.3 Å².